The van der Waals surface area contributed by atoms with E-state index in [2.05, 4.69) is 4.98 Å². The molecule has 0 N–H and O–H groups in total. The Morgan fingerprint density at radius 2 is 1.79 bits per heavy atom. The Bertz CT molecular complexity index is 1060. The number of esters is 1. The minimum absolute atomic E-state index is 0.0714. The van der Waals surface area contributed by atoms with Gasteiger partial charge in [0.1, 0.15) is 5.82 Å². The number of hydrogen-bond donors (Lipinski definition) is 0. The summed E-state index contributed by atoms with van der Waals surface area (Å²) in [4.78, 5) is 16.7. The molecule has 0 aliphatic heterocycles. The van der Waals surface area contributed by atoms with Gasteiger partial charge in [0, 0.05) is 18.2 Å². The van der Waals surface area contributed by atoms with E-state index >= 15 is 0 Å². The van der Waals surface area contributed by atoms with Crippen LogP contribution >= 0.6 is 0 Å². The Morgan fingerprint density at radius 3 is 2.45 bits per heavy atom. The zero-order valence-electron chi connectivity index (χ0n) is 19.2. The van der Waals surface area contributed by atoms with Crippen LogP contribution in [0.15, 0.2) is 46.9 Å². The molecule has 176 valence electrons. The number of hydrogen-bond acceptors (Lipinski definition) is 7. The quantitative estimate of drug-likeness (QED) is 0.287. The molecule has 1 aromatic heterocycles. The molecule has 8 heteroatoms. The van der Waals surface area contributed by atoms with Crippen molar-refractivity contribution in [2.45, 2.75) is 27.2 Å². The van der Waals surface area contributed by atoms with Crippen molar-refractivity contribution in [2.75, 3.05) is 27.1 Å². The number of ether oxygens (including phenoxy) is 4. The van der Waals surface area contributed by atoms with Crippen LogP contribution in [0.1, 0.15) is 26.5 Å². The van der Waals surface area contributed by atoms with Gasteiger partial charge in [0.2, 0.25) is 5.89 Å². The average Bonchev–Trinajstić information content (AvgIpc) is 3.20. The van der Waals surface area contributed by atoms with Crippen LogP contribution in [0.3, 0.4) is 0 Å². The van der Waals surface area contributed by atoms with Crippen molar-refractivity contribution in [1.82, 2.24) is 4.98 Å². The molecule has 0 amide bonds. The highest BCUT2D eigenvalue weighted by Gasteiger charge is 2.21. The van der Waals surface area contributed by atoms with Gasteiger partial charge in [-0.1, -0.05) is 13.8 Å². The Balaban J connectivity index is 2.03. The summed E-state index contributed by atoms with van der Waals surface area (Å²) in [6.07, 6.45) is -0.0714. The van der Waals surface area contributed by atoms with Crippen LogP contribution in [0.25, 0.3) is 22.8 Å². The summed E-state index contributed by atoms with van der Waals surface area (Å²) in [5, 5.41) is 0. The summed E-state index contributed by atoms with van der Waals surface area (Å²) < 4.78 is 41.1. The third kappa shape index (κ3) is 6.55. The number of rotatable bonds is 11. The fraction of sp³-hybridized carbons (Fsp3) is 0.360. The molecular weight excluding hydrogens is 429 g/mol. The lowest BCUT2D eigenvalue weighted by molar-refractivity contribution is -0.142. The van der Waals surface area contributed by atoms with Crippen molar-refractivity contribution >= 4 is 5.97 Å². The van der Waals surface area contributed by atoms with Gasteiger partial charge < -0.3 is 23.4 Å². The first kappa shape index (κ1) is 24.3. The summed E-state index contributed by atoms with van der Waals surface area (Å²) in [7, 11) is 1.54. The third-order valence-corrected chi connectivity index (χ3v) is 4.52. The van der Waals surface area contributed by atoms with E-state index in [0.717, 1.165) is 0 Å². The van der Waals surface area contributed by atoms with E-state index in [-0.39, 0.29) is 31.5 Å². The van der Waals surface area contributed by atoms with E-state index in [1.165, 1.54) is 19.2 Å². The predicted octanol–water partition coefficient (Wildman–Crippen LogP) is 5.27. The molecular formula is C25H28FNO6. The van der Waals surface area contributed by atoms with Crippen molar-refractivity contribution < 1.29 is 32.5 Å². The van der Waals surface area contributed by atoms with Crippen molar-refractivity contribution in [3.63, 3.8) is 0 Å². The molecule has 0 radical (unpaired) electrons. The van der Waals surface area contributed by atoms with Gasteiger partial charge in [0.15, 0.2) is 24.1 Å². The van der Waals surface area contributed by atoms with Gasteiger partial charge in [-0.15, -0.1) is 0 Å². The molecule has 0 aliphatic rings. The number of methoxy groups -OCH3 is 1. The molecule has 0 unspecified atom stereocenters. The van der Waals surface area contributed by atoms with Crippen LogP contribution in [0.2, 0.25) is 0 Å². The van der Waals surface area contributed by atoms with Gasteiger partial charge in [-0.05, 0) is 55.3 Å². The zero-order valence-corrected chi connectivity index (χ0v) is 19.2. The second-order valence-corrected chi connectivity index (χ2v) is 7.70. The van der Waals surface area contributed by atoms with E-state index in [4.69, 9.17) is 23.4 Å². The summed E-state index contributed by atoms with van der Waals surface area (Å²) in [6, 6.07) is 11.1. The lowest BCUT2D eigenvalue weighted by atomic mass is 10.1. The van der Waals surface area contributed by atoms with Gasteiger partial charge in [0.05, 0.1) is 25.3 Å². The van der Waals surface area contributed by atoms with Crippen molar-refractivity contribution in [1.29, 1.82) is 0 Å². The molecule has 0 spiro atoms. The maximum Gasteiger partial charge on any atom is 0.312 e. The molecule has 0 aliphatic carbocycles. The van der Waals surface area contributed by atoms with E-state index in [1.807, 2.05) is 13.8 Å². The van der Waals surface area contributed by atoms with Crippen molar-refractivity contribution in [3.8, 4) is 34.3 Å². The molecule has 0 bridgehead atoms. The first-order valence-corrected chi connectivity index (χ1v) is 10.7. The van der Waals surface area contributed by atoms with Crippen LogP contribution in [-0.4, -0.2) is 38.1 Å². The van der Waals surface area contributed by atoms with Crippen LogP contribution < -0.4 is 9.47 Å². The number of halogens is 1. The SMILES string of the molecule is CCOC(=O)Cc1nc(-c2ccc(F)cc2)oc1-c1ccc(OCOC)c(OCC(C)C)c1. The van der Waals surface area contributed by atoms with Crippen molar-refractivity contribution in [2.24, 2.45) is 5.92 Å². The van der Waals surface area contributed by atoms with E-state index < -0.39 is 5.97 Å². The normalized spacial score (nSPS) is 11.0. The van der Waals surface area contributed by atoms with Crippen molar-refractivity contribution in [3.05, 3.63) is 54.0 Å². The fourth-order valence-electron chi connectivity index (χ4n) is 3.02. The Labute approximate surface area is 192 Å². The number of carbonyl (C=O) groups excluding carboxylic acids is 1. The maximum absolute atomic E-state index is 13.4. The van der Waals surface area contributed by atoms with Gasteiger partial charge >= 0.3 is 5.97 Å². The Kier molecular flexibility index (Phi) is 8.43. The molecule has 0 fully saturated rings. The fourth-order valence-corrected chi connectivity index (χ4v) is 3.02. The van der Waals surface area contributed by atoms with Crippen LogP contribution in [-0.2, 0) is 20.7 Å². The van der Waals surface area contributed by atoms with Gasteiger partial charge in [-0.25, -0.2) is 9.37 Å². The minimum Gasteiger partial charge on any atom is -0.489 e. The molecule has 7 nitrogen and oxygen atoms in total. The number of carbonyl (C=O) groups is 1. The van der Waals surface area contributed by atoms with E-state index in [1.54, 1.807) is 37.3 Å². The molecule has 0 atom stereocenters. The molecule has 3 aromatic rings. The standard InChI is InChI=1S/C25H28FNO6/c1-5-30-23(28)13-20-24(33-25(27-20)17-6-9-19(26)10-7-17)18-8-11-21(32-15-29-4)22(12-18)31-14-16(2)3/h6-12,16H,5,13-15H2,1-4H3. The monoisotopic (exact) mass is 457 g/mol. The van der Waals surface area contributed by atoms with Gasteiger partial charge in [-0.3, -0.25) is 4.79 Å². The molecule has 2 aromatic carbocycles. The summed E-state index contributed by atoms with van der Waals surface area (Å²) >= 11 is 0. The topological polar surface area (TPSA) is 80.0 Å². The van der Waals surface area contributed by atoms with Crippen LogP contribution in [0.4, 0.5) is 4.39 Å². The molecule has 1 heterocycles. The second-order valence-electron chi connectivity index (χ2n) is 7.70. The molecule has 0 saturated heterocycles. The third-order valence-electron chi connectivity index (χ3n) is 4.52. The number of benzene rings is 2. The highest BCUT2D eigenvalue weighted by Crippen LogP contribution is 2.36. The Hall–Kier alpha value is -3.39. The maximum atomic E-state index is 13.4. The van der Waals surface area contributed by atoms with Gasteiger partial charge in [-0.2, -0.15) is 0 Å². The largest absolute Gasteiger partial charge is 0.489 e. The number of nitrogens with zero attached hydrogens (tertiary/aromatic N) is 1. The first-order chi connectivity index (χ1) is 15.9. The lowest BCUT2D eigenvalue weighted by Gasteiger charge is -2.15. The highest BCUT2D eigenvalue weighted by atomic mass is 19.1. The zero-order chi connectivity index (χ0) is 23.8. The predicted molar refractivity (Wildman–Crippen MR) is 121 cm³/mol. The van der Waals surface area contributed by atoms with Crippen LogP contribution in [0, 0.1) is 11.7 Å². The first-order valence-electron chi connectivity index (χ1n) is 10.7. The van der Waals surface area contributed by atoms with Gasteiger partial charge in [0.25, 0.3) is 0 Å². The summed E-state index contributed by atoms with van der Waals surface area (Å²) in [5.74, 6) is 1.22. The van der Waals surface area contributed by atoms with Crippen LogP contribution in [0.5, 0.6) is 11.5 Å². The van der Waals surface area contributed by atoms with E-state index in [0.29, 0.717) is 46.6 Å². The Morgan fingerprint density at radius 1 is 1.06 bits per heavy atom. The summed E-state index contributed by atoms with van der Waals surface area (Å²) in [6.45, 7) is 6.64. The smallest absolute Gasteiger partial charge is 0.312 e. The average molecular weight is 457 g/mol. The van der Waals surface area contributed by atoms with E-state index in [9.17, 15) is 9.18 Å². The molecule has 3 rings (SSSR count). The highest BCUT2D eigenvalue weighted by molar-refractivity contribution is 5.76. The number of oxazole rings is 1. The second kappa shape index (κ2) is 11.5. The lowest BCUT2D eigenvalue weighted by Crippen LogP contribution is -2.09. The minimum atomic E-state index is -0.422. The molecule has 33 heavy (non-hydrogen) atoms. The molecule has 0 saturated carbocycles. The number of aromatic nitrogens is 1. The summed E-state index contributed by atoms with van der Waals surface area (Å²) in [5.41, 5.74) is 1.65.